The Kier molecular flexibility index (Phi) is 5.14. The first-order valence-electron chi connectivity index (χ1n) is 10.6. The molecule has 0 spiro atoms. The second-order valence-electron chi connectivity index (χ2n) is 8.00. The molecule has 3 aromatic heterocycles. The Labute approximate surface area is 185 Å². The SMILES string of the molecule is COc1cc2ncc3c(N)nc(-c4cncc(O[C@H]5CCC[C@@H]5N)c4)cc3c2cc1OC. The zero-order valence-corrected chi connectivity index (χ0v) is 18.0. The van der Waals surface area contributed by atoms with Crippen molar-refractivity contribution in [3.8, 4) is 28.5 Å². The van der Waals surface area contributed by atoms with E-state index in [2.05, 4.69) is 15.0 Å². The van der Waals surface area contributed by atoms with Crippen LogP contribution in [0.15, 0.2) is 42.9 Å². The maximum atomic E-state index is 6.33. The highest BCUT2D eigenvalue weighted by Crippen LogP contribution is 2.37. The van der Waals surface area contributed by atoms with Crippen LogP contribution in [0, 0.1) is 0 Å². The van der Waals surface area contributed by atoms with Crippen molar-refractivity contribution < 1.29 is 14.2 Å². The Morgan fingerprint density at radius 2 is 1.72 bits per heavy atom. The summed E-state index contributed by atoms with van der Waals surface area (Å²) in [7, 11) is 3.21. The first-order valence-corrected chi connectivity index (χ1v) is 10.6. The lowest BCUT2D eigenvalue weighted by Gasteiger charge is -2.18. The van der Waals surface area contributed by atoms with E-state index in [4.69, 9.17) is 25.7 Å². The quantitative estimate of drug-likeness (QED) is 0.459. The van der Waals surface area contributed by atoms with E-state index in [-0.39, 0.29) is 12.1 Å². The molecule has 8 heteroatoms. The highest BCUT2D eigenvalue weighted by Gasteiger charge is 2.25. The number of nitrogens with zero attached hydrogens (tertiary/aromatic N) is 3. The molecule has 32 heavy (non-hydrogen) atoms. The van der Waals surface area contributed by atoms with E-state index in [0.29, 0.717) is 28.8 Å². The molecular formula is C24H25N5O3. The van der Waals surface area contributed by atoms with E-state index in [0.717, 1.165) is 46.5 Å². The lowest BCUT2D eigenvalue weighted by atomic mass is 10.0. The van der Waals surface area contributed by atoms with Crippen LogP contribution in [0.1, 0.15) is 19.3 Å². The largest absolute Gasteiger partial charge is 0.493 e. The minimum absolute atomic E-state index is 0.0131. The summed E-state index contributed by atoms with van der Waals surface area (Å²) in [5.74, 6) is 2.31. The van der Waals surface area contributed by atoms with Crippen molar-refractivity contribution in [2.45, 2.75) is 31.4 Å². The molecule has 5 rings (SSSR count). The van der Waals surface area contributed by atoms with Gasteiger partial charge < -0.3 is 25.7 Å². The summed E-state index contributed by atoms with van der Waals surface area (Å²) in [6, 6.07) is 7.73. The van der Waals surface area contributed by atoms with Crippen LogP contribution in [0.5, 0.6) is 17.2 Å². The molecule has 1 fully saturated rings. The van der Waals surface area contributed by atoms with Gasteiger partial charge in [-0.15, -0.1) is 0 Å². The number of ether oxygens (including phenoxy) is 3. The molecule has 3 heterocycles. The molecule has 4 N–H and O–H groups in total. The van der Waals surface area contributed by atoms with Gasteiger partial charge in [0.05, 0.1) is 31.6 Å². The van der Waals surface area contributed by atoms with Crippen molar-refractivity contribution in [3.05, 3.63) is 42.9 Å². The molecule has 0 amide bonds. The van der Waals surface area contributed by atoms with E-state index in [1.54, 1.807) is 32.8 Å². The zero-order chi connectivity index (χ0) is 22.2. The van der Waals surface area contributed by atoms with Gasteiger partial charge in [-0.1, -0.05) is 0 Å². The third-order valence-electron chi connectivity index (χ3n) is 6.01. The minimum Gasteiger partial charge on any atom is -0.493 e. The summed E-state index contributed by atoms with van der Waals surface area (Å²) in [5.41, 5.74) is 14.8. The highest BCUT2D eigenvalue weighted by atomic mass is 16.5. The van der Waals surface area contributed by atoms with Crippen LogP contribution in [0.4, 0.5) is 5.82 Å². The monoisotopic (exact) mass is 431 g/mol. The summed E-state index contributed by atoms with van der Waals surface area (Å²) in [6.07, 6.45) is 8.22. The lowest BCUT2D eigenvalue weighted by Crippen LogP contribution is -2.33. The van der Waals surface area contributed by atoms with E-state index in [1.807, 2.05) is 24.3 Å². The number of hydrogen-bond donors (Lipinski definition) is 2. The Morgan fingerprint density at radius 1 is 0.906 bits per heavy atom. The zero-order valence-electron chi connectivity index (χ0n) is 18.0. The van der Waals surface area contributed by atoms with Gasteiger partial charge in [-0.3, -0.25) is 9.97 Å². The summed E-state index contributed by atoms with van der Waals surface area (Å²) in [6.45, 7) is 0. The van der Waals surface area contributed by atoms with Gasteiger partial charge in [0.1, 0.15) is 17.7 Å². The molecule has 0 bridgehead atoms. The lowest BCUT2D eigenvalue weighted by molar-refractivity contribution is 0.191. The molecule has 0 radical (unpaired) electrons. The number of nitrogens with two attached hydrogens (primary N) is 2. The number of methoxy groups -OCH3 is 2. The first-order chi connectivity index (χ1) is 15.6. The van der Waals surface area contributed by atoms with Crippen LogP contribution in [0.3, 0.4) is 0 Å². The molecule has 1 aliphatic rings. The minimum atomic E-state index is 0.0131. The Hall–Kier alpha value is -3.65. The van der Waals surface area contributed by atoms with Gasteiger partial charge in [-0.2, -0.15) is 0 Å². The van der Waals surface area contributed by atoms with Gasteiger partial charge in [0, 0.05) is 40.8 Å². The van der Waals surface area contributed by atoms with E-state index >= 15 is 0 Å². The summed E-state index contributed by atoms with van der Waals surface area (Å²) >= 11 is 0. The fourth-order valence-corrected chi connectivity index (χ4v) is 4.31. The van der Waals surface area contributed by atoms with Gasteiger partial charge >= 0.3 is 0 Å². The van der Waals surface area contributed by atoms with Crippen LogP contribution in [0.25, 0.3) is 32.9 Å². The number of anilines is 1. The van der Waals surface area contributed by atoms with Crippen LogP contribution in [-0.4, -0.2) is 41.3 Å². The first kappa shape index (κ1) is 20.3. The maximum Gasteiger partial charge on any atom is 0.162 e. The Morgan fingerprint density at radius 3 is 2.47 bits per heavy atom. The predicted octanol–water partition coefficient (Wildman–Crippen LogP) is 3.70. The molecule has 8 nitrogen and oxygen atoms in total. The van der Waals surface area contributed by atoms with Crippen LogP contribution < -0.4 is 25.7 Å². The fraction of sp³-hybridized carbons (Fsp3) is 0.292. The van der Waals surface area contributed by atoms with Crippen molar-refractivity contribution >= 4 is 27.5 Å². The number of benzene rings is 1. The number of rotatable bonds is 5. The van der Waals surface area contributed by atoms with Crippen molar-refractivity contribution in [2.75, 3.05) is 20.0 Å². The van der Waals surface area contributed by atoms with Crippen molar-refractivity contribution in [1.82, 2.24) is 15.0 Å². The molecule has 0 aliphatic heterocycles. The Balaban J connectivity index is 1.62. The number of nitrogen functional groups attached to an aromatic ring is 1. The molecule has 0 saturated heterocycles. The molecular weight excluding hydrogens is 406 g/mol. The average molecular weight is 431 g/mol. The van der Waals surface area contributed by atoms with Gasteiger partial charge in [-0.25, -0.2) is 4.98 Å². The molecule has 1 aromatic carbocycles. The third-order valence-corrected chi connectivity index (χ3v) is 6.01. The highest BCUT2D eigenvalue weighted by molar-refractivity contribution is 6.10. The van der Waals surface area contributed by atoms with Crippen molar-refractivity contribution in [2.24, 2.45) is 5.73 Å². The number of pyridine rings is 3. The second-order valence-corrected chi connectivity index (χ2v) is 8.00. The number of fused-ring (bicyclic) bond motifs is 3. The summed E-state index contributed by atoms with van der Waals surface area (Å²) < 4.78 is 17.0. The van der Waals surface area contributed by atoms with Crippen molar-refractivity contribution in [3.63, 3.8) is 0 Å². The second kappa shape index (κ2) is 8.12. The van der Waals surface area contributed by atoms with Crippen molar-refractivity contribution in [1.29, 1.82) is 0 Å². The maximum absolute atomic E-state index is 6.33. The number of hydrogen-bond acceptors (Lipinski definition) is 8. The fourth-order valence-electron chi connectivity index (χ4n) is 4.31. The van der Waals surface area contributed by atoms with E-state index in [1.165, 1.54) is 0 Å². The third kappa shape index (κ3) is 3.52. The van der Waals surface area contributed by atoms with Gasteiger partial charge in [0.2, 0.25) is 0 Å². The molecule has 2 atom stereocenters. The van der Waals surface area contributed by atoms with Crippen LogP contribution in [-0.2, 0) is 0 Å². The number of aromatic nitrogens is 3. The smallest absolute Gasteiger partial charge is 0.162 e. The molecule has 164 valence electrons. The average Bonchev–Trinajstić information content (AvgIpc) is 3.22. The van der Waals surface area contributed by atoms with Crippen LogP contribution >= 0.6 is 0 Å². The van der Waals surface area contributed by atoms with Crippen LogP contribution in [0.2, 0.25) is 0 Å². The standard InChI is InChI=1S/C24H25N5O3/c1-30-22-8-16-15-7-19(29-24(26)17(15)12-28-20(16)9-23(22)31-2)13-6-14(11-27-10-13)32-21-5-3-4-18(21)25/h6-12,18,21H,3-5,25H2,1-2H3,(H2,26,29)/t18-,21-/m0/s1. The molecule has 0 unspecified atom stereocenters. The molecule has 1 aliphatic carbocycles. The Bertz CT molecular complexity index is 1310. The molecule has 1 saturated carbocycles. The predicted molar refractivity (Wildman–Crippen MR) is 124 cm³/mol. The van der Waals surface area contributed by atoms with E-state index < -0.39 is 0 Å². The van der Waals surface area contributed by atoms with E-state index in [9.17, 15) is 0 Å². The van der Waals surface area contributed by atoms with Gasteiger partial charge in [0.15, 0.2) is 11.5 Å². The van der Waals surface area contributed by atoms with Gasteiger partial charge in [-0.05, 0) is 42.8 Å². The molecule has 4 aromatic rings. The van der Waals surface area contributed by atoms with Gasteiger partial charge in [0.25, 0.3) is 0 Å². The normalized spacial score (nSPS) is 18.2. The topological polar surface area (TPSA) is 118 Å². The summed E-state index contributed by atoms with van der Waals surface area (Å²) in [4.78, 5) is 13.5. The summed E-state index contributed by atoms with van der Waals surface area (Å²) in [5, 5.41) is 2.58.